The molecule has 0 bridgehead atoms. The second kappa shape index (κ2) is 7.40. The van der Waals surface area contributed by atoms with Crippen LogP contribution in [0, 0.1) is 18.3 Å². The van der Waals surface area contributed by atoms with Crippen molar-refractivity contribution in [2.45, 2.75) is 20.8 Å². The van der Waals surface area contributed by atoms with E-state index in [1.165, 1.54) is 0 Å². The Morgan fingerprint density at radius 1 is 1.57 bits per heavy atom. The quantitative estimate of drug-likeness (QED) is 0.635. The molecule has 3 nitrogen and oxygen atoms in total. The predicted molar refractivity (Wildman–Crippen MR) is 58.8 cm³/mol. The number of rotatable bonds is 6. The van der Waals surface area contributed by atoms with Gasteiger partial charge in [-0.05, 0) is 13.5 Å². The van der Waals surface area contributed by atoms with E-state index in [-0.39, 0.29) is 11.8 Å². The van der Waals surface area contributed by atoms with Crippen molar-refractivity contribution in [1.29, 1.82) is 0 Å². The number of nitrogens with zero attached hydrogens (tertiary/aromatic N) is 1. The van der Waals surface area contributed by atoms with Crippen LogP contribution in [0.1, 0.15) is 20.8 Å². The topological polar surface area (TPSA) is 32.3 Å². The highest BCUT2D eigenvalue weighted by molar-refractivity contribution is 5.78. The molecule has 0 aromatic rings. The third-order valence-corrected chi connectivity index (χ3v) is 2.10. The van der Waals surface area contributed by atoms with Crippen molar-refractivity contribution in [3.63, 3.8) is 0 Å². The van der Waals surface area contributed by atoms with Crippen LogP contribution in [0.5, 0.6) is 0 Å². The first-order chi connectivity index (χ1) is 6.67. The van der Waals surface area contributed by atoms with E-state index in [4.69, 9.17) is 6.42 Å². The molecule has 0 aliphatic carbocycles. The lowest BCUT2D eigenvalue weighted by molar-refractivity contribution is -0.134. The predicted octanol–water partition coefficient (Wildman–Crippen LogP) is 0.714. The molecule has 0 spiro atoms. The summed E-state index contributed by atoms with van der Waals surface area (Å²) in [5.74, 6) is 2.63. The summed E-state index contributed by atoms with van der Waals surface area (Å²) in [4.78, 5) is 13.5. The van der Waals surface area contributed by atoms with Crippen molar-refractivity contribution < 1.29 is 4.79 Å². The van der Waals surface area contributed by atoms with Crippen LogP contribution in [-0.4, -0.2) is 37.0 Å². The Balaban J connectivity index is 4.07. The monoisotopic (exact) mass is 196 g/mol. The van der Waals surface area contributed by atoms with E-state index in [0.717, 1.165) is 13.1 Å². The van der Waals surface area contributed by atoms with E-state index >= 15 is 0 Å². The molecule has 0 saturated carbocycles. The first-order valence-corrected chi connectivity index (χ1v) is 5.10. The van der Waals surface area contributed by atoms with E-state index in [1.54, 1.807) is 4.90 Å². The van der Waals surface area contributed by atoms with E-state index in [1.807, 2.05) is 20.8 Å². The summed E-state index contributed by atoms with van der Waals surface area (Å²) in [6, 6.07) is 0. The summed E-state index contributed by atoms with van der Waals surface area (Å²) in [5.41, 5.74) is 0. The molecule has 1 unspecified atom stereocenters. The van der Waals surface area contributed by atoms with E-state index < -0.39 is 0 Å². The lowest BCUT2D eigenvalue weighted by Crippen LogP contribution is -2.39. The molecular weight excluding hydrogens is 176 g/mol. The standard InChI is InChI=1S/C11H20N2O/c1-5-8-13(7-3)11(14)10(4)9-12-6-2/h1,10,12H,6-9H2,2-4H3. The van der Waals surface area contributed by atoms with Crippen LogP contribution < -0.4 is 5.32 Å². The third-order valence-electron chi connectivity index (χ3n) is 2.10. The van der Waals surface area contributed by atoms with Crippen LogP contribution in [0.15, 0.2) is 0 Å². The SMILES string of the molecule is C#CCN(CC)C(=O)C(C)CNCC. The zero-order valence-corrected chi connectivity index (χ0v) is 9.34. The summed E-state index contributed by atoms with van der Waals surface area (Å²) in [5, 5.41) is 3.15. The first-order valence-electron chi connectivity index (χ1n) is 5.10. The average molecular weight is 196 g/mol. The Hall–Kier alpha value is -1.01. The number of hydrogen-bond donors (Lipinski definition) is 1. The molecule has 0 radical (unpaired) electrons. The van der Waals surface area contributed by atoms with Crippen LogP contribution in [0.4, 0.5) is 0 Å². The first kappa shape index (κ1) is 13.0. The van der Waals surface area contributed by atoms with Gasteiger partial charge in [0.2, 0.25) is 5.91 Å². The van der Waals surface area contributed by atoms with Gasteiger partial charge in [-0.25, -0.2) is 0 Å². The minimum atomic E-state index is 0.00301. The van der Waals surface area contributed by atoms with Gasteiger partial charge in [0.05, 0.1) is 6.54 Å². The van der Waals surface area contributed by atoms with E-state index in [9.17, 15) is 4.79 Å². The van der Waals surface area contributed by atoms with Gasteiger partial charge in [0.25, 0.3) is 0 Å². The van der Waals surface area contributed by atoms with Gasteiger partial charge in [0.15, 0.2) is 0 Å². The molecule has 0 heterocycles. The molecule has 80 valence electrons. The molecule has 3 heteroatoms. The number of amides is 1. The fraction of sp³-hybridized carbons (Fsp3) is 0.727. The zero-order valence-electron chi connectivity index (χ0n) is 9.34. The van der Waals surface area contributed by atoms with Crippen LogP contribution in [0.2, 0.25) is 0 Å². The Morgan fingerprint density at radius 2 is 2.21 bits per heavy atom. The molecule has 1 N–H and O–H groups in total. The maximum atomic E-state index is 11.8. The molecule has 0 rings (SSSR count). The van der Waals surface area contributed by atoms with Crippen LogP contribution in [0.3, 0.4) is 0 Å². The molecule has 14 heavy (non-hydrogen) atoms. The molecule has 0 aliphatic rings. The van der Waals surface area contributed by atoms with Gasteiger partial charge in [-0.2, -0.15) is 0 Å². The van der Waals surface area contributed by atoms with E-state index in [2.05, 4.69) is 11.2 Å². The smallest absolute Gasteiger partial charge is 0.227 e. The maximum Gasteiger partial charge on any atom is 0.227 e. The van der Waals surface area contributed by atoms with Gasteiger partial charge < -0.3 is 10.2 Å². The van der Waals surface area contributed by atoms with Gasteiger partial charge in [-0.3, -0.25) is 4.79 Å². The van der Waals surface area contributed by atoms with Gasteiger partial charge in [0, 0.05) is 19.0 Å². The van der Waals surface area contributed by atoms with Gasteiger partial charge in [-0.1, -0.05) is 19.8 Å². The fourth-order valence-electron chi connectivity index (χ4n) is 1.22. The highest BCUT2D eigenvalue weighted by atomic mass is 16.2. The fourth-order valence-corrected chi connectivity index (χ4v) is 1.22. The normalized spacial score (nSPS) is 11.9. The number of carbonyl (C=O) groups is 1. The third kappa shape index (κ3) is 4.29. The Kier molecular flexibility index (Phi) is 6.87. The molecule has 0 fully saturated rings. The molecule has 0 aromatic carbocycles. The van der Waals surface area contributed by atoms with Gasteiger partial charge in [-0.15, -0.1) is 6.42 Å². The Labute approximate surface area is 86.9 Å². The average Bonchev–Trinajstić information content (AvgIpc) is 2.21. The maximum absolute atomic E-state index is 11.8. The van der Waals surface area contributed by atoms with Crippen LogP contribution in [-0.2, 0) is 4.79 Å². The highest BCUT2D eigenvalue weighted by Crippen LogP contribution is 2.00. The number of hydrogen-bond acceptors (Lipinski definition) is 2. The lowest BCUT2D eigenvalue weighted by atomic mass is 10.1. The molecule has 0 aromatic heterocycles. The number of carbonyl (C=O) groups excluding carboxylic acids is 1. The van der Waals surface area contributed by atoms with Crippen molar-refractivity contribution in [1.82, 2.24) is 10.2 Å². The Bertz CT molecular complexity index is 208. The largest absolute Gasteiger partial charge is 0.332 e. The van der Waals surface area contributed by atoms with Crippen molar-refractivity contribution in [3.05, 3.63) is 0 Å². The van der Waals surface area contributed by atoms with Crippen molar-refractivity contribution in [3.8, 4) is 12.3 Å². The summed E-state index contributed by atoms with van der Waals surface area (Å²) in [6.45, 7) is 8.58. The Morgan fingerprint density at radius 3 is 2.64 bits per heavy atom. The number of nitrogens with one attached hydrogen (secondary N) is 1. The minimum absolute atomic E-state index is 0.00301. The van der Waals surface area contributed by atoms with Crippen molar-refractivity contribution in [2.75, 3.05) is 26.2 Å². The summed E-state index contributed by atoms with van der Waals surface area (Å²) < 4.78 is 0. The van der Waals surface area contributed by atoms with Gasteiger partial charge >= 0.3 is 0 Å². The van der Waals surface area contributed by atoms with Crippen molar-refractivity contribution in [2.24, 2.45) is 5.92 Å². The molecule has 1 amide bonds. The van der Waals surface area contributed by atoms with Crippen LogP contribution in [0.25, 0.3) is 0 Å². The summed E-state index contributed by atoms with van der Waals surface area (Å²) in [6.07, 6.45) is 5.18. The van der Waals surface area contributed by atoms with Crippen LogP contribution >= 0.6 is 0 Å². The highest BCUT2D eigenvalue weighted by Gasteiger charge is 2.17. The second-order valence-corrected chi connectivity index (χ2v) is 3.27. The second-order valence-electron chi connectivity index (χ2n) is 3.27. The van der Waals surface area contributed by atoms with Gasteiger partial charge in [0.1, 0.15) is 0 Å². The van der Waals surface area contributed by atoms with Crippen molar-refractivity contribution >= 4 is 5.91 Å². The molecule has 0 aliphatic heterocycles. The molecular formula is C11H20N2O. The summed E-state index contributed by atoms with van der Waals surface area (Å²) in [7, 11) is 0. The molecule has 0 saturated heterocycles. The lowest BCUT2D eigenvalue weighted by Gasteiger charge is -2.22. The zero-order chi connectivity index (χ0) is 11.0. The van der Waals surface area contributed by atoms with E-state index in [0.29, 0.717) is 13.1 Å². The molecule has 1 atom stereocenters. The minimum Gasteiger partial charge on any atom is -0.332 e. The summed E-state index contributed by atoms with van der Waals surface area (Å²) >= 11 is 0. The number of terminal acetylenes is 1.